The zero-order valence-corrected chi connectivity index (χ0v) is 27.9. The van der Waals surface area contributed by atoms with Crippen molar-refractivity contribution in [2.75, 3.05) is 19.0 Å². The molecular formula is C35H71FO3S. The van der Waals surface area contributed by atoms with Gasteiger partial charge in [0, 0.05) is 0 Å². The first-order valence-electron chi connectivity index (χ1n) is 18.1. The van der Waals surface area contributed by atoms with E-state index in [0.29, 0.717) is 19.4 Å². The second-order valence-electron chi connectivity index (χ2n) is 12.4. The van der Waals surface area contributed by atoms with Gasteiger partial charge in [0.05, 0.1) is 19.0 Å². The van der Waals surface area contributed by atoms with E-state index >= 15 is 0 Å². The van der Waals surface area contributed by atoms with Crippen LogP contribution in [-0.4, -0.2) is 27.5 Å². The van der Waals surface area contributed by atoms with Gasteiger partial charge in [-0.05, 0) is 19.3 Å². The third kappa shape index (κ3) is 34.0. The van der Waals surface area contributed by atoms with Gasteiger partial charge in [0.1, 0.15) is 0 Å². The van der Waals surface area contributed by atoms with Crippen molar-refractivity contribution in [1.82, 2.24) is 0 Å². The molecule has 0 saturated carbocycles. The van der Waals surface area contributed by atoms with Gasteiger partial charge in [-0.2, -0.15) is 8.42 Å². The molecule has 0 bridgehead atoms. The normalized spacial score (nSPS) is 11.9. The Kier molecular flexibility index (Phi) is 33.2. The number of rotatable bonds is 35. The summed E-state index contributed by atoms with van der Waals surface area (Å²) >= 11 is 0. The molecule has 0 aliphatic heterocycles. The lowest BCUT2D eigenvalue weighted by atomic mass is 10.0. The van der Waals surface area contributed by atoms with E-state index in [1.54, 1.807) is 0 Å². The molecule has 0 saturated heterocycles. The summed E-state index contributed by atoms with van der Waals surface area (Å²) < 4.78 is 41.3. The predicted octanol–water partition coefficient (Wildman–Crippen LogP) is 12.4. The summed E-state index contributed by atoms with van der Waals surface area (Å²) in [5, 5.41) is 0. The molecule has 0 aromatic carbocycles. The minimum Gasteiger partial charge on any atom is -0.270 e. The maximum atomic E-state index is 12.1. The van der Waals surface area contributed by atoms with Crippen LogP contribution in [0, 0.1) is 0 Å². The SMILES string of the molecule is CCCCCCCCCCCCCCCCCCCCCCCOS(=O)(=O)CCCCCCCCCCCCF. The van der Waals surface area contributed by atoms with Crippen molar-refractivity contribution in [3.8, 4) is 0 Å². The van der Waals surface area contributed by atoms with Crippen LogP contribution >= 0.6 is 0 Å². The number of halogens is 1. The summed E-state index contributed by atoms with van der Waals surface area (Å²) in [6.07, 6.45) is 38.8. The van der Waals surface area contributed by atoms with Crippen molar-refractivity contribution in [1.29, 1.82) is 0 Å². The van der Waals surface area contributed by atoms with Gasteiger partial charge < -0.3 is 0 Å². The lowest BCUT2D eigenvalue weighted by molar-refractivity contribution is 0.305. The molecule has 0 rings (SSSR count). The molecule has 5 heteroatoms. The molecule has 242 valence electrons. The molecule has 0 atom stereocenters. The van der Waals surface area contributed by atoms with Crippen molar-refractivity contribution >= 4 is 10.1 Å². The van der Waals surface area contributed by atoms with E-state index < -0.39 is 10.1 Å². The first kappa shape index (κ1) is 39.8. The number of unbranched alkanes of at least 4 members (excludes halogenated alkanes) is 29. The quantitative estimate of drug-likeness (QED) is 0.0544. The van der Waals surface area contributed by atoms with Gasteiger partial charge in [-0.15, -0.1) is 0 Å². The monoisotopic (exact) mass is 591 g/mol. The second-order valence-corrected chi connectivity index (χ2v) is 14.1. The minimum absolute atomic E-state index is 0.162. The fraction of sp³-hybridized carbons (Fsp3) is 1.00. The summed E-state index contributed by atoms with van der Waals surface area (Å²) in [7, 11) is -3.35. The molecule has 0 aromatic heterocycles. The Labute approximate surface area is 251 Å². The van der Waals surface area contributed by atoms with Gasteiger partial charge in [0.2, 0.25) is 0 Å². The largest absolute Gasteiger partial charge is 0.270 e. The lowest BCUT2D eigenvalue weighted by Gasteiger charge is -2.06. The van der Waals surface area contributed by atoms with Crippen LogP contribution in [0.1, 0.15) is 206 Å². The highest BCUT2D eigenvalue weighted by atomic mass is 32.2. The van der Waals surface area contributed by atoms with Crippen molar-refractivity contribution in [3.63, 3.8) is 0 Å². The molecule has 0 heterocycles. The lowest BCUT2D eigenvalue weighted by Crippen LogP contribution is -2.11. The Bertz CT molecular complexity index is 567. The van der Waals surface area contributed by atoms with Crippen molar-refractivity contribution < 1.29 is 17.0 Å². The molecule has 0 fully saturated rings. The van der Waals surface area contributed by atoms with Gasteiger partial charge in [-0.25, -0.2) is 0 Å². The third-order valence-electron chi connectivity index (χ3n) is 8.29. The van der Waals surface area contributed by atoms with Crippen LogP contribution < -0.4 is 0 Å². The molecule has 40 heavy (non-hydrogen) atoms. The summed E-state index contributed by atoms with van der Waals surface area (Å²) in [6.45, 7) is 2.45. The molecule has 0 unspecified atom stereocenters. The van der Waals surface area contributed by atoms with Gasteiger partial charge in [-0.3, -0.25) is 8.57 Å². The highest BCUT2D eigenvalue weighted by molar-refractivity contribution is 7.86. The van der Waals surface area contributed by atoms with Crippen LogP contribution in [0.4, 0.5) is 4.39 Å². The molecule has 0 N–H and O–H groups in total. The average molecular weight is 591 g/mol. The smallest absolute Gasteiger partial charge is 0.267 e. The topological polar surface area (TPSA) is 43.4 Å². The van der Waals surface area contributed by atoms with Crippen LogP contribution in [0.3, 0.4) is 0 Å². The third-order valence-corrected chi connectivity index (χ3v) is 9.60. The van der Waals surface area contributed by atoms with E-state index in [1.807, 2.05) is 0 Å². The van der Waals surface area contributed by atoms with E-state index in [4.69, 9.17) is 4.18 Å². The summed E-state index contributed by atoms with van der Waals surface area (Å²) in [4.78, 5) is 0. The van der Waals surface area contributed by atoms with Gasteiger partial charge in [0.15, 0.2) is 0 Å². The Balaban J connectivity index is 3.24. The summed E-state index contributed by atoms with van der Waals surface area (Å²) in [6, 6.07) is 0. The first-order valence-corrected chi connectivity index (χ1v) is 19.6. The fourth-order valence-electron chi connectivity index (χ4n) is 5.57. The Morgan fingerprint density at radius 3 is 1.00 bits per heavy atom. The predicted molar refractivity (Wildman–Crippen MR) is 175 cm³/mol. The van der Waals surface area contributed by atoms with Gasteiger partial charge >= 0.3 is 0 Å². The fourth-order valence-corrected chi connectivity index (χ4v) is 6.61. The molecule has 0 spiro atoms. The maximum Gasteiger partial charge on any atom is 0.267 e. The number of hydrogen-bond donors (Lipinski definition) is 0. The Hall–Kier alpha value is -0.160. The molecule has 0 aromatic rings. The highest BCUT2D eigenvalue weighted by Crippen LogP contribution is 2.16. The van der Waals surface area contributed by atoms with Crippen molar-refractivity contribution in [2.24, 2.45) is 0 Å². The molecule has 0 amide bonds. The van der Waals surface area contributed by atoms with Crippen molar-refractivity contribution in [3.05, 3.63) is 0 Å². The first-order chi connectivity index (χ1) is 19.6. The maximum absolute atomic E-state index is 12.1. The molecule has 0 aliphatic carbocycles. The zero-order chi connectivity index (χ0) is 29.2. The van der Waals surface area contributed by atoms with E-state index in [1.165, 1.54) is 148 Å². The summed E-state index contributed by atoms with van der Waals surface area (Å²) in [5.74, 6) is 0.162. The van der Waals surface area contributed by atoms with E-state index in [9.17, 15) is 12.8 Å². The Morgan fingerprint density at radius 2 is 0.675 bits per heavy atom. The summed E-state index contributed by atoms with van der Waals surface area (Å²) in [5.41, 5.74) is 0. The molecule has 0 radical (unpaired) electrons. The highest BCUT2D eigenvalue weighted by Gasteiger charge is 2.10. The second kappa shape index (κ2) is 33.3. The standard InChI is InChI=1S/C35H71FO3S/c1-2-3-4-5-6-7-8-9-10-11-12-13-14-15-16-17-19-22-25-28-31-34-39-40(37,38)35-32-29-26-23-20-18-21-24-27-30-33-36/h2-35H2,1H3. The molecule has 3 nitrogen and oxygen atoms in total. The Morgan fingerprint density at radius 1 is 0.400 bits per heavy atom. The zero-order valence-electron chi connectivity index (χ0n) is 27.1. The van der Waals surface area contributed by atoms with E-state index in [0.717, 1.165) is 38.5 Å². The number of hydrogen-bond acceptors (Lipinski definition) is 3. The van der Waals surface area contributed by atoms with Crippen LogP contribution in [-0.2, 0) is 14.3 Å². The van der Waals surface area contributed by atoms with Crippen LogP contribution in [0.5, 0.6) is 0 Å². The molecular weight excluding hydrogens is 519 g/mol. The number of alkyl halides is 1. The van der Waals surface area contributed by atoms with Crippen molar-refractivity contribution in [2.45, 2.75) is 206 Å². The van der Waals surface area contributed by atoms with Crippen LogP contribution in [0.15, 0.2) is 0 Å². The minimum atomic E-state index is -3.35. The van der Waals surface area contributed by atoms with Crippen LogP contribution in [0.2, 0.25) is 0 Å². The van der Waals surface area contributed by atoms with E-state index in [-0.39, 0.29) is 12.4 Å². The molecule has 0 aliphatic rings. The van der Waals surface area contributed by atoms with Gasteiger partial charge in [-0.1, -0.05) is 187 Å². The van der Waals surface area contributed by atoms with E-state index in [2.05, 4.69) is 6.92 Å². The average Bonchev–Trinajstić information content (AvgIpc) is 2.94. The van der Waals surface area contributed by atoms with Crippen LogP contribution in [0.25, 0.3) is 0 Å². The van der Waals surface area contributed by atoms with Gasteiger partial charge in [0.25, 0.3) is 10.1 Å².